The predicted octanol–water partition coefficient (Wildman–Crippen LogP) is 2.58. The molecule has 2 N–H and O–H groups in total. The van der Waals surface area contributed by atoms with Gasteiger partial charge < -0.3 is 14.7 Å². The fourth-order valence-electron chi connectivity index (χ4n) is 1.82. The number of hydrogen-bond donors (Lipinski definition) is 2. The van der Waals surface area contributed by atoms with Crippen molar-refractivity contribution in [3.05, 3.63) is 24.3 Å². The highest BCUT2D eigenvalue weighted by Crippen LogP contribution is 2.27. The average Bonchev–Trinajstić information content (AvgIpc) is 2.54. The molecule has 0 fully saturated rings. The zero-order chi connectivity index (χ0) is 17.8. The topological polar surface area (TPSA) is 110 Å². The van der Waals surface area contributed by atoms with Gasteiger partial charge >= 0.3 is 17.9 Å². The molecule has 0 bridgehead atoms. The van der Waals surface area contributed by atoms with E-state index in [0.717, 1.165) is 19.3 Å². The average molecular weight is 328 g/mol. The summed E-state index contributed by atoms with van der Waals surface area (Å²) in [5, 5.41) is 16.3. The highest BCUT2D eigenvalue weighted by molar-refractivity contribution is 5.85. The van der Waals surface area contributed by atoms with Crippen molar-refractivity contribution < 1.29 is 34.4 Å². The van der Waals surface area contributed by atoms with Gasteiger partial charge in [0.25, 0.3) is 0 Å². The van der Waals surface area contributed by atoms with Crippen molar-refractivity contribution in [3.8, 4) is 0 Å². The zero-order valence-electron chi connectivity index (χ0n) is 13.5. The molecule has 23 heavy (non-hydrogen) atoms. The van der Waals surface area contributed by atoms with E-state index >= 15 is 0 Å². The number of unbranched alkanes of at least 4 members (excludes halogenated alkanes) is 1. The van der Waals surface area contributed by atoms with Gasteiger partial charge in [0.05, 0.1) is 18.4 Å². The zero-order valence-corrected chi connectivity index (χ0v) is 13.5. The van der Waals surface area contributed by atoms with Crippen LogP contribution in [0, 0.1) is 11.8 Å². The molecule has 130 valence electrons. The molecule has 7 heteroatoms. The summed E-state index contributed by atoms with van der Waals surface area (Å²) < 4.78 is 5.08. The molecule has 7 nitrogen and oxygen atoms in total. The first-order valence-electron chi connectivity index (χ1n) is 7.42. The maximum absolute atomic E-state index is 11.8. The van der Waals surface area contributed by atoms with Gasteiger partial charge in [0.1, 0.15) is 0 Å². The lowest BCUT2D eigenvalue weighted by Gasteiger charge is -2.23. The van der Waals surface area contributed by atoms with Crippen molar-refractivity contribution in [2.24, 2.45) is 11.8 Å². The van der Waals surface area contributed by atoms with Crippen LogP contribution in [0.1, 0.15) is 39.5 Å². The van der Waals surface area contributed by atoms with Crippen LogP contribution in [-0.4, -0.2) is 34.9 Å². The minimum atomic E-state index is -0.935. The van der Waals surface area contributed by atoms with Gasteiger partial charge in [-0.2, -0.15) is 5.26 Å². The van der Waals surface area contributed by atoms with Crippen molar-refractivity contribution in [1.29, 1.82) is 0 Å². The van der Waals surface area contributed by atoms with Crippen LogP contribution in [0.3, 0.4) is 0 Å². The van der Waals surface area contributed by atoms with Crippen molar-refractivity contribution >= 4 is 17.9 Å². The summed E-state index contributed by atoms with van der Waals surface area (Å²) in [4.78, 5) is 36.3. The van der Waals surface area contributed by atoms with E-state index in [1.165, 1.54) is 6.92 Å². The molecule has 0 aromatic carbocycles. The Labute approximate surface area is 135 Å². The minimum absolute atomic E-state index is 0.176. The molecule has 0 aliphatic heterocycles. The Morgan fingerprint density at radius 1 is 1.30 bits per heavy atom. The third-order valence-electron chi connectivity index (χ3n) is 3.19. The molecule has 0 aromatic heterocycles. The number of carboxylic acids is 1. The van der Waals surface area contributed by atoms with Crippen LogP contribution in [0.2, 0.25) is 0 Å². The number of ether oxygens (including phenoxy) is 1. The van der Waals surface area contributed by atoms with Gasteiger partial charge in [-0.05, 0) is 26.2 Å². The Bertz CT molecular complexity index is 441. The first-order valence-corrected chi connectivity index (χ1v) is 7.42. The summed E-state index contributed by atoms with van der Waals surface area (Å²) in [6, 6.07) is 0. The summed E-state index contributed by atoms with van der Waals surface area (Å²) in [5.74, 6) is -3.41. The lowest BCUT2D eigenvalue weighted by Crippen LogP contribution is -2.32. The number of allylic oxidation sites excluding steroid dienone is 1. The van der Waals surface area contributed by atoms with Crippen LogP contribution in [0.5, 0.6) is 0 Å². The molecule has 2 atom stereocenters. The Kier molecular flexibility index (Phi) is 10.4. The van der Waals surface area contributed by atoms with E-state index in [1.54, 1.807) is 12.2 Å². The number of carbonyl (C=O) groups is 3. The van der Waals surface area contributed by atoms with Crippen LogP contribution in [0.15, 0.2) is 24.3 Å². The molecule has 0 saturated carbocycles. The quantitative estimate of drug-likeness (QED) is 0.192. The molecule has 0 heterocycles. The van der Waals surface area contributed by atoms with E-state index in [1.807, 2.05) is 6.92 Å². The van der Waals surface area contributed by atoms with Crippen LogP contribution in [0.25, 0.3) is 0 Å². The monoisotopic (exact) mass is 328 g/mol. The molecule has 0 radical (unpaired) electrons. The van der Waals surface area contributed by atoms with E-state index < -0.39 is 29.7 Å². The number of carbonyl (C=O) groups excluding carboxylic acids is 2. The number of esters is 1. The Hall–Kier alpha value is -2.15. The van der Waals surface area contributed by atoms with E-state index in [2.05, 4.69) is 11.5 Å². The van der Waals surface area contributed by atoms with Crippen molar-refractivity contribution in [2.45, 2.75) is 39.5 Å². The lowest BCUT2D eigenvalue weighted by molar-refractivity contribution is -0.239. The molecule has 0 spiro atoms. The van der Waals surface area contributed by atoms with Crippen LogP contribution >= 0.6 is 0 Å². The fourth-order valence-corrected chi connectivity index (χ4v) is 1.82. The third kappa shape index (κ3) is 8.15. The number of rotatable bonds is 6. The number of hydrogen-bond acceptors (Lipinski definition) is 6. The first kappa shape index (κ1) is 20.9. The van der Waals surface area contributed by atoms with Gasteiger partial charge in [-0.1, -0.05) is 32.1 Å². The van der Waals surface area contributed by atoms with Gasteiger partial charge in [0, 0.05) is 5.57 Å². The molecular weight excluding hydrogens is 304 g/mol. The molecule has 0 amide bonds. The molecule has 2 unspecified atom stereocenters. The molecular formula is C16H24O7. The highest BCUT2D eigenvalue weighted by Gasteiger charge is 2.35. The van der Waals surface area contributed by atoms with Gasteiger partial charge in [0.2, 0.25) is 0 Å². The summed E-state index contributed by atoms with van der Waals surface area (Å²) in [6.45, 7) is 6.98. The minimum Gasteiger partial charge on any atom is -0.478 e. The number of carboxylic acid groups (broad SMARTS) is 1. The second-order valence-corrected chi connectivity index (χ2v) is 5.15. The smallest absolute Gasteiger partial charge is 0.349 e. The van der Waals surface area contributed by atoms with Gasteiger partial charge in [-0.3, -0.25) is 4.79 Å². The second kappa shape index (κ2) is 11.4. The second-order valence-electron chi connectivity index (χ2n) is 5.15. The predicted molar refractivity (Wildman–Crippen MR) is 82.4 cm³/mol. The van der Waals surface area contributed by atoms with Crippen molar-refractivity contribution in [2.75, 3.05) is 6.61 Å². The van der Waals surface area contributed by atoms with Crippen LogP contribution < -0.4 is 0 Å². The molecule has 1 rings (SSSR count). The van der Waals surface area contributed by atoms with E-state index in [9.17, 15) is 14.4 Å². The fraction of sp³-hybridized carbons (Fsp3) is 0.562. The van der Waals surface area contributed by atoms with Crippen molar-refractivity contribution in [3.63, 3.8) is 0 Å². The largest absolute Gasteiger partial charge is 0.478 e. The summed E-state index contributed by atoms with van der Waals surface area (Å²) in [7, 11) is 0. The SMILES string of the molecule is C=C(C)C(=O)O.CCCCOC(=O)C1CCC=CC1C(=O)OO. The maximum Gasteiger partial charge on any atom is 0.349 e. The van der Waals surface area contributed by atoms with Crippen LogP contribution in [-0.2, 0) is 24.0 Å². The normalized spacial score (nSPS) is 19.1. The van der Waals surface area contributed by atoms with E-state index in [0.29, 0.717) is 13.0 Å². The lowest BCUT2D eigenvalue weighted by atomic mass is 9.84. The Morgan fingerprint density at radius 3 is 2.39 bits per heavy atom. The molecule has 0 saturated heterocycles. The van der Waals surface area contributed by atoms with Gasteiger partial charge in [-0.15, -0.1) is 0 Å². The molecule has 1 aliphatic rings. The number of aliphatic carboxylic acids is 1. The first-order chi connectivity index (χ1) is 10.8. The summed E-state index contributed by atoms with van der Waals surface area (Å²) in [5.41, 5.74) is 0.176. The summed E-state index contributed by atoms with van der Waals surface area (Å²) in [6.07, 6.45) is 6.42. The Morgan fingerprint density at radius 2 is 1.91 bits per heavy atom. The standard InChI is InChI=1S/C12H18O5.C4H6O2/c1-2-3-8-16-11(13)9-6-4-5-7-10(9)12(14)17-15;1-3(2)4(5)6/h5,7,9-10,15H,2-4,6,8H2,1H3;1H2,2H3,(H,5,6). The summed E-state index contributed by atoms with van der Waals surface area (Å²) >= 11 is 0. The van der Waals surface area contributed by atoms with E-state index in [4.69, 9.17) is 15.1 Å². The van der Waals surface area contributed by atoms with Crippen LogP contribution in [0.4, 0.5) is 0 Å². The van der Waals surface area contributed by atoms with Crippen molar-refractivity contribution in [1.82, 2.24) is 0 Å². The Balaban J connectivity index is 0.000000688. The maximum atomic E-state index is 11.8. The molecule has 1 aliphatic carbocycles. The highest BCUT2D eigenvalue weighted by atomic mass is 17.1. The van der Waals surface area contributed by atoms with E-state index in [-0.39, 0.29) is 5.57 Å². The molecule has 0 aromatic rings. The van der Waals surface area contributed by atoms with Gasteiger partial charge in [0.15, 0.2) is 0 Å². The van der Waals surface area contributed by atoms with Gasteiger partial charge in [-0.25, -0.2) is 9.59 Å². The third-order valence-corrected chi connectivity index (χ3v) is 3.19.